The molecule has 0 unspecified atom stereocenters. The van der Waals surface area contributed by atoms with Crippen molar-refractivity contribution < 1.29 is 8.42 Å². The Morgan fingerprint density at radius 3 is 2.37 bits per heavy atom. The number of pyridine rings is 1. The first-order valence-corrected chi connectivity index (χ1v) is 7.76. The Labute approximate surface area is 120 Å². The smallest absolute Gasteiger partial charge is 0.238 e. The maximum atomic E-state index is 11.1. The van der Waals surface area contributed by atoms with E-state index in [-0.39, 0.29) is 4.90 Å². The summed E-state index contributed by atoms with van der Waals surface area (Å²) < 4.78 is 23.1. The summed E-state index contributed by atoms with van der Waals surface area (Å²) in [4.78, 5) is 4.32. The number of sulfonamides is 1. The number of anilines is 1. The van der Waals surface area contributed by atoms with E-state index < -0.39 is 10.0 Å². The Kier molecular flexibility index (Phi) is 4.18. The number of benzene rings is 1. The molecule has 100 valence electrons. The van der Waals surface area contributed by atoms with E-state index in [9.17, 15) is 8.42 Å². The highest BCUT2D eigenvalue weighted by Gasteiger charge is 2.06. The third-order valence-corrected chi connectivity index (χ3v) is 3.84. The minimum absolute atomic E-state index is 0.0971. The number of halogens is 1. The van der Waals surface area contributed by atoms with Crippen LogP contribution in [0.3, 0.4) is 0 Å². The van der Waals surface area contributed by atoms with Gasteiger partial charge in [-0.15, -0.1) is 0 Å². The maximum absolute atomic E-state index is 11.1. The highest BCUT2D eigenvalue weighted by molar-refractivity contribution is 9.10. The zero-order valence-corrected chi connectivity index (χ0v) is 12.3. The molecule has 0 saturated carbocycles. The van der Waals surface area contributed by atoms with Crippen molar-refractivity contribution in [2.45, 2.75) is 11.4 Å². The van der Waals surface area contributed by atoms with Crippen LogP contribution in [-0.4, -0.2) is 13.4 Å². The summed E-state index contributed by atoms with van der Waals surface area (Å²) in [5.41, 5.74) is 1.69. The first kappa shape index (κ1) is 14.0. The molecule has 0 radical (unpaired) electrons. The molecular weight excluding hydrogens is 330 g/mol. The van der Waals surface area contributed by atoms with Gasteiger partial charge in [0.15, 0.2) is 0 Å². The average molecular weight is 342 g/mol. The molecule has 0 bridgehead atoms. The fourth-order valence-corrected chi connectivity index (χ4v) is 2.22. The lowest BCUT2D eigenvalue weighted by Gasteiger charge is -2.06. The van der Waals surface area contributed by atoms with E-state index in [1.54, 1.807) is 18.3 Å². The Bertz CT molecular complexity index is 654. The SMILES string of the molecule is NS(=O)(=O)c1ccc(NCc2ccc(Br)cn2)cc1. The van der Waals surface area contributed by atoms with Gasteiger partial charge in [0.1, 0.15) is 0 Å². The second-order valence-corrected chi connectivity index (χ2v) is 6.37. The summed E-state index contributed by atoms with van der Waals surface area (Å²) >= 11 is 3.32. The minimum atomic E-state index is -3.64. The van der Waals surface area contributed by atoms with Crippen LogP contribution >= 0.6 is 15.9 Å². The van der Waals surface area contributed by atoms with Crippen LogP contribution in [0.15, 0.2) is 52.0 Å². The topological polar surface area (TPSA) is 85.1 Å². The van der Waals surface area contributed by atoms with Crippen LogP contribution in [-0.2, 0) is 16.6 Å². The van der Waals surface area contributed by atoms with E-state index in [2.05, 4.69) is 26.2 Å². The Balaban J connectivity index is 2.02. The number of nitrogens with zero attached hydrogens (tertiary/aromatic N) is 1. The van der Waals surface area contributed by atoms with Crippen LogP contribution in [0, 0.1) is 0 Å². The van der Waals surface area contributed by atoms with E-state index in [1.807, 2.05) is 12.1 Å². The van der Waals surface area contributed by atoms with Gasteiger partial charge in [0.25, 0.3) is 0 Å². The van der Waals surface area contributed by atoms with E-state index in [0.29, 0.717) is 6.54 Å². The molecule has 0 atom stereocenters. The van der Waals surface area contributed by atoms with Gasteiger partial charge in [0.05, 0.1) is 17.1 Å². The summed E-state index contributed by atoms with van der Waals surface area (Å²) in [5.74, 6) is 0. The van der Waals surface area contributed by atoms with Crippen molar-refractivity contribution in [3.8, 4) is 0 Å². The number of aromatic nitrogens is 1. The zero-order valence-electron chi connectivity index (χ0n) is 9.88. The first-order valence-electron chi connectivity index (χ1n) is 5.42. The van der Waals surface area contributed by atoms with Gasteiger partial charge in [0, 0.05) is 16.4 Å². The van der Waals surface area contributed by atoms with Crippen molar-refractivity contribution in [3.63, 3.8) is 0 Å². The molecule has 0 spiro atoms. The van der Waals surface area contributed by atoms with E-state index in [1.165, 1.54) is 12.1 Å². The number of nitrogens with two attached hydrogens (primary N) is 1. The average Bonchev–Trinajstić information content (AvgIpc) is 2.37. The van der Waals surface area contributed by atoms with Crippen molar-refractivity contribution in [3.05, 3.63) is 52.8 Å². The molecule has 1 aromatic carbocycles. The summed E-state index contributed by atoms with van der Waals surface area (Å²) in [6.07, 6.45) is 1.72. The van der Waals surface area contributed by atoms with Crippen LogP contribution in [0.1, 0.15) is 5.69 Å². The Morgan fingerprint density at radius 2 is 1.84 bits per heavy atom. The van der Waals surface area contributed by atoms with Crippen LogP contribution in [0.2, 0.25) is 0 Å². The fourth-order valence-electron chi connectivity index (χ4n) is 1.47. The minimum Gasteiger partial charge on any atom is -0.379 e. The maximum Gasteiger partial charge on any atom is 0.238 e. The first-order chi connectivity index (χ1) is 8.95. The van der Waals surface area contributed by atoms with Gasteiger partial charge in [-0.05, 0) is 52.3 Å². The molecule has 0 aliphatic rings. The molecule has 19 heavy (non-hydrogen) atoms. The van der Waals surface area contributed by atoms with Crippen LogP contribution < -0.4 is 10.5 Å². The van der Waals surface area contributed by atoms with E-state index >= 15 is 0 Å². The third-order valence-electron chi connectivity index (χ3n) is 2.45. The molecule has 7 heteroatoms. The molecule has 0 fully saturated rings. The molecule has 3 N–H and O–H groups in total. The Morgan fingerprint density at radius 1 is 1.16 bits per heavy atom. The molecule has 5 nitrogen and oxygen atoms in total. The molecule has 0 aliphatic carbocycles. The number of nitrogens with one attached hydrogen (secondary N) is 1. The van der Waals surface area contributed by atoms with Crippen LogP contribution in [0.5, 0.6) is 0 Å². The van der Waals surface area contributed by atoms with Crippen molar-refractivity contribution in [1.82, 2.24) is 4.98 Å². The van der Waals surface area contributed by atoms with E-state index in [0.717, 1.165) is 15.9 Å². The predicted octanol–water partition coefficient (Wildman–Crippen LogP) is 2.10. The van der Waals surface area contributed by atoms with Crippen molar-refractivity contribution >= 4 is 31.6 Å². The standard InChI is InChI=1S/C12H12BrN3O2S/c13-9-1-2-11(15-7-9)8-16-10-3-5-12(6-4-10)19(14,17)18/h1-7,16H,8H2,(H2,14,17,18). The zero-order chi connectivity index (χ0) is 13.9. The number of hydrogen-bond acceptors (Lipinski definition) is 4. The summed E-state index contributed by atoms with van der Waals surface area (Å²) in [6.45, 7) is 0.558. The molecule has 2 aromatic rings. The molecule has 0 aliphatic heterocycles. The van der Waals surface area contributed by atoms with Crippen molar-refractivity contribution in [1.29, 1.82) is 0 Å². The monoisotopic (exact) mass is 341 g/mol. The molecule has 1 aromatic heterocycles. The van der Waals surface area contributed by atoms with Gasteiger partial charge in [-0.2, -0.15) is 0 Å². The lowest BCUT2D eigenvalue weighted by atomic mass is 10.3. The molecule has 2 rings (SSSR count). The number of primary sulfonamides is 1. The van der Waals surface area contributed by atoms with Crippen molar-refractivity contribution in [2.75, 3.05) is 5.32 Å². The number of rotatable bonds is 4. The lowest BCUT2D eigenvalue weighted by Crippen LogP contribution is -2.12. The normalized spacial score (nSPS) is 11.3. The summed E-state index contributed by atoms with van der Waals surface area (Å²) in [7, 11) is -3.64. The highest BCUT2D eigenvalue weighted by atomic mass is 79.9. The van der Waals surface area contributed by atoms with Gasteiger partial charge in [-0.25, -0.2) is 13.6 Å². The molecular formula is C12H12BrN3O2S. The van der Waals surface area contributed by atoms with Gasteiger partial charge < -0.3 is 5.32 Å². The largest absolute Gasteiger partial charge is 0.379 e. The third kappa shape index (κ3) is 4.02. The Hall–Kier alpha value is -1.44. The molecule has 0 saturated heterocycles. The fraction of sp³-hybridized carbons (Fsp3) is 0.0833. The van der Waals surface area contributed by atoms with Gasteiger partial charge in [0.2, 0.25) is 10.0 Å². The van der Waals surface area contributed by atoms with Crippen LogP contribution in [0.4, 0.5) is 5.69 Å². The van der Waals surface area contributed by atoms with Crippen molar-refractivity contribution in [2.24, 2.45) is 5.14 Å². The van der Waals surface area contributed by atoms with Gasteiger partial charge in [-0.1, -0.05) is 0 Å². The summed E-state index contributed by atoms with van der Waals surface area (Å²) in [5, 5.41) is 8.17. The van der Waals surface area contributed by atoms with E-state index in [4.69, 9.17) is 5.14 Å². The highest BCUT2D eigenvalue weighted by Crippen LogP contribution is 2.14. The van der Waals surface area contributed by atoms with Crippen LogP contribution in [0.25, 0.3) is 0 Å². The summed E-state index contributed by atoms with van der Waals surface area (Å²) in [6, 6.07) is 10.1. The second-order valence-electron chi connectivity index (χ2n) is 3.89. The molecule has 0 amide bonds. The molecule has 1 heterocycles. The second kappa shape index (κ2) is 5.68. The number of hydrogen-bond donors (Lipinski definition) is 2. The lowest BCUT2D eigenvalue weighted by molar-refractivity contribution is 0.598. The van der Waals surface area contributed by atoms with Gasteiger partial charge >= 0.3 is 0 Å². The quantitative estimate of drug-likeness (QED) is 0.891. The predicted molar refractivity (Wildman–Crippen MR) is 77.1 cm³/mol. The van der Waals surface area contributed by atoms with Gasteiger partial charge in [-0.3, -0.25) is 4.98 Å².